The molecule has 2 aromatic carbocycles. The summed E-state index contributed by atoms with van der Waals surface area (Å²) in [5.74, 6) is 1.20. The molecule has 1 N–H and O–H groups in total. The van der Waals surface area contributed by atoms with Crippen LogP contribution in [0.1, 0.15) is 23.9 Å². The fraction of sp³-hybridized carbons (Fsp3) is 0.250. The van der Waals surface area contributed by atoms with E-state index in [0.29, 0.717) is 12.3 Å². The van der Waals surface area contributed by atoms with Crippen LogP contribution in [0.4, 0.5) is 6.01 Å². The first kappa shape index (κ1) is 18.2. The number of carbonyl (C=O) groups excluding carboxylic acids is 1. The van der Waals surface area contributed by atoms with E-state index in [0.717, 1.165) is 17.7 Å². The Morgan fingerprint density at radius 3 is 2.50 bits per heavy atom. The fourth-order valence-corrected chi connectivity index (χ4v) is 3.28. The monoisotopic (exact) mass is 367 g/mol. The first-order valence-corrected chi connectivity index (χ1v) is 9.59. The van der Waals surface area contributed by atoms with Crippen molar-refractivity contribution in [3.05, 3.63) is 71.6 Å². The first-order chi connectivity index (χ1) is 12.7. The lowest BCUT2D eigenvalue weighted by Gasteiger charge is -2.02. The standard InChI is InChI=1S/C20H21N3O2S/c1-2-15-8-10-16(11-9-15)14-18(24)21-20-23-22-19(25-20)12-13-26-17-6-4-3-5-7-17/h3-11H,2,12-14H2,1H3,(H,21,23,24). The largest absolute Gasteiger partial charge is 0.408 e. The van der Waals surface area contributed by atoms with Gasteiger partial charge in [-0.15, -0.1) is 16.9 Å². The van der Waals surface area contributed by atoms with E-state index >= 15 is 0 Å². The molecule has 26 heavy (non-hydrogen) atoms. The minimum absolute atomic E-state index is 0.153. The third-order valence-electron chi connectivity index (χ3n) is 3.84. The van der Waals surface area contributed by atoms with Gasteiger partial charge in [0.25, 0.3) is 0 Å². The van der Waals surface area contributed by atoms with Crippen molar-refractivity contribution in [3.8, 4) is 0 Å². The molecule has 0 aliphatic carbocycles. The highest BCUT2D eigenvalue weighted by atomic mass is 32.2. The van der Waals surface area contributed by atoms with Gasteiger partial charge in [0.15, 0.2) is 0 Å². The summed E-state index contributed by atoms with van der Waals surface area (Å²) in [6.45, 7) is 2.10. The summed E-state index contributed by atoms with van der Waals surface area (Å²) in [5, 5.41) is 10.5. The van der Waals surface area contributed by atoms with E-state index in [2.05, 4.69) is 34.6 Å². The molecule has 0 radical (unpaired) electrons. The van der Waals surface area contributed by atoms with Crippen LogP contribution in [0.5, 0.6) is 0 Å². The maximum absolute atomic E-state index is 12.1. The Labute approximate surface area is 157 Å². The molecule has 5 nitrogen and oxygen atoms in total. The fourth-order valence-electron chi connectivity index (χ4n) is 2.42. The second kappa shape index (κ2) is 9.20. The zero-order valence-electron chi connectivity index (χ0n) is 14.6. The van der Waals surface area contributed by atoms with Crippen LogP contribution in [0.25, 0.3) is 0 Å². The number of hydrogen-bond acceptors (Lipinski definition) is 5. The summed E-state index contributed by atoms with van der Waals surface area (Å²) in [4.78, 5) is 13.3. The normalized spacial score (nSPS) is 10.7. The average molecular weight is 367 g/mol. The van der Waals surface area contributed by atoms with Gasteiger partial charge < -0.3 is 4.42 Å². The molecule has 3 aromatic rings. The summed E-state index contributed by atoms with van der Waals surface area (Å²) in [7, 11) is 0. The maximum Gasteiger partial charge on any atom is 0.322 e. The summed E-state index contributed by atoms with van der Waals surface area (Å²) in [6, 6.07) is 18.3. The van der Waals surface area contributed by atoms with Gasteiger partial charge in [-0.05, 0) is 29.7 Å². The first-order valence-electron chi connectivity index (χ1n) is 8.61. The molecular formula is C20H21N3O2S. The minimum Gasteiger partial charge on any atom is -0.408 e. The number of rotatable bonds is 8. The highest BCUT2D eigenvalue weighted by Crippen LogP contribution is 2.18. The Bertz CT molecular complexity index is 832. The molecule has 134 valence electrons. The van der Waals surface area contributed by atoms with Gasteiger partial charge in [-0.3, -0.25) is 10.1 Å². The molecule has 3 rings (SSSR count). The Morgan fingerprint density at radius 1 is 1.04 bits per heavy atom. The quantitative estimate of drug-likeness (QED) is 0.606. The molecule has 1 heterocycles. The lowest BCUT2D eigenvalue weighted by atomic mass is 10.1. The van der Waals surface area contributed by atoms with Crippen LogP contribution in [-0.4, -0.2) is 21.9 Å². The number of amides is 1. The van der Waals surface area contributed by atoms with Gasteiger partial charge >= 0.3 is 6.01 Å². The summed E-state index contributed by atoms with van der Waals surface area (Å²) < 4.78 is 5.50. The Hall–Kier alpha value is -2.60. The molecular weight excluding hydrogens is 346 g/mol. The predicted molar refractivity (Wildman–Crippen MR) is 103 cm³/mol. The van der Waals surface area contributed by atoms with Crippen molar-refractivity contribution in [1.29, 1.82) is 0 Å². The Morgan fingerprint density at radius 2 is 1.77 bits per heavy atom. The lowest BCUT2D eigenvalue weighted by Crippen LogP contribution is -2.14. The Balaban J connectivity index is 1.45. The maximum atomic E-state index is 12.1. The molecule has 0 atom stereocenters. The van der Waals surface area contributed by atoms with Crippen LogP contribution < -0.4 is 5.32 Å². The van der Waals surface area contributed by atoms with Crippen LogP contribution >= 0.6 is 11.8 Å². The van der Waals surface area contributed by atoms with Crippen molar-refractivity contribution in [2.75, 3.05) is 11.1 Å². The smallest absolute Gasteiger partial charge is 0.322 e. The highest BCUT2D eigenvalue weighted by Gasteiger charge is 2.10. The van der Waals surface area contributed by atoms with Crippen LogP contribution in [0, 0.1) is 0 Å². The predicted octanol–water partition coefficient (Wildman–Crippen LogP) is 4.15. The van der Waals surface area contributed by atoms with Gasteiger partial charge in [0, 0.05) is 17.1 Å². The van der Waals surface area contributed by atoms with Crippen molar-refractivity contribution < 1.29 is 9.21 Å². The summed E-state index contributed by atoms with van der Waals surface area (Å²) in [6.07, 6.45) is 1.92. The van der Waals surface area contributed by atoms with Crippen LogP contribution in [-0.2, 0) is 24.1 Å². The van der Waals surface area contributed by atoms with E-state index in [-0.39, 0.29) is 18.3 Å². The molecule has 0 unspecified atom stereocenters. The molecule has 0 aliphatic heterocycles. The Kier molecular flexibility index (Phi) is 6.44. The number of nitrogens with one attached hydrogen (secondary N) is 1. The van der Waals surface area contributed by atoms with Gasteiger partial charge in [-0.1, -0.05) is 54.5 Å². The van der Waals surface area contributed by atoms with Crippen LogP contribution in [0.2, 0.25) is 0 Å². The van der Waals surface area contributed by atoms with E-state index in [4.69, 9.17) is 4.42 Å². The third-order valence-corrected chi connectivity index (χ3v) is 4.85. The zero-order chi connectivity index (χ0) is 18.2. The number of thioether (sulfide) groups is 1. The van der Waals surface area contributed by atoms with Gasteiger partial charge in [0.1, 0.15) is 0 Å². The average Bonchev–Trinajstić information content (AvgIpc) is 3.10. The minimum atomic E-state index is -0.164. The van der Waals surface area contributed by atoms with E-state index in [9.17, 15) is 4.79 Å². The number of nitrogens with zero attached hydrogens (tertiary/aromatic N) is 2. The second-order valence-electron chi connectivity index (χ2n) is 5.81. The van der Waals surface area contributed by atoms with Crippen molar-refractivity contribution in [1.82, 2.24) is 10.2 Å². The summed E-state index contributed by atoms with van der Waals surface area (Å²) >= 11 is 1.73. The van der Waals surface area contributed by atoms with Crippen LogP contribution in [0.3, 0.4) is 0 Å². The van der Waals surface area contributed by atoms with Gasteiger partial charge in [-0.25, -0.2) is 0 Å². The molecule has 0 saturated carbocycles. The van der Waals surface area contributed by atoms with Crippen molar-refractivity contribution in [2.24, 2.45) is 0 Å². The molecule has 1 aromatic heterocycles. The molecule has 0 aliphatic rings. The lowest BCUT2D eigenvalue weighted by molar-refractivity contribution is -0.115. The van der Waals surface area contributed by atoms with Crippen molar-refractivity contribution in [3.63, 3.8) is 0 Å². The summed E-state index contributed by atoms with van der Waals surface area (Å²) in [5.41, 5.74) is 2.21. The highest BCUT2D eigenvalue weighted by molar-refractivity contribution is 7.99. The zero-order valence-corrected chi connectivity index (χ0v) is 15.5. The SMILES string of the molecule is CCc1ccc(CC(=O)Nc2nnc(CCSc3ccccc3)o2)cc1. The van der Waals surface area contributed by atoms with Gasteiger partial charge in [-0.2, -0.15) is 0 Å². The molecule has 0 spiro atoms. The van der Waals surface area contributed by atoms with Crippen molar-refractivity contribution >= 4 is 23.7 Å². The molecule has 0 bridgehead atoms. The van der Waals surface area contributed by atoms with Gasteiger partial charge in [0.2, 0.25) is 11.8 Å². The third kappa shape index (κ3) is 5.46. The van der Waals surface area contributed by atoms with Crippen molar-refractivity contribution in [2.45, 2.75) is 31.1 Å². The van der Waals surface area contributed by atoms with Gasteiger partial charge in [0.05, 0.1) is 6.42 Å². The molecule has 1 amide bonds. The molecule has 6 heteroatoms. The second-order valence-corrected chi connectivity index (χ2v) is 6.98. The number of aromatic nitrogens is 2. The van der Waals surface area contributed by atoms with E-state index in [1.807, 2.05) is 42.5 Å². The van der Waals surface area contributed by atoms with E-state index < -0.39 is 0 Å². The van der Waals surface area contributed by atoms with Crippen LogP contribution in [0.15, 0.2) is 63.9 Å². The van der Waals surface area contributed by atoms with E-state index in [1.165, 1.54) is 10.5 Å². The topological polar surface area (TPSA) is 68.0 Å². The number of aryl methyl sites for hydroxylation is 2. The molecule has 0 fully saturated rings. The number of anilines is 1. The molecule has 0 saturated heterocycles. The van der Waals surface area contributed by atoms with E-state index in [1.54, 1.807) is 11.8 Å². The number of carbonyl (C=O) groups is 1. The number of benzene rings is 2. The number of hydrogen-bond donors (Lipinski definition) is 1.